The number of thiazole rings is 1. The number of nitrogens with one attached hydrogen (secondary N) is 1. The van der Waals surface area contributed by atoms with E-state index in [0.29, 0.717) is 38.5 Å². The third-order valence-corrected chi connectivity index (χ3v) is 5.82. The minimum atomic E-state index is -1.31. The summed E-state index contributed by atoms with van der Waals surface area (Å²) in [5, 5.41) is 16.2. The van der Waals surface area contributed by atoms with Crippen molar-refractivity contribution in [3.8, 4) is 0 Å². The van der Waals surface area contributed by atoms with Crippen molar-refractivity contribution in [2.45, 2.75) is 51.2 Å². The van der Waals surface area contributed by atoms with Gasteiger partial charge in [-0.25, -0.2) is 4.98 Å². The standard InChI is InChI=1S/C21H29N3O2S/c1-16(2)18-6-4-17(5-7-18)12-24-11-3-9-21(26,20(24)25)14-22-10-8-19-13-27-15-23-19/h4-7,13,15-16,22,26H,3,8-12,14H2,1-2H3/t21-/m0/s1. The van der Waals surface area contributed by atoms with E-state index in [1.165, 1.54) is 5.56 Å². The van der Waals surface area contributed by atoms with Crippen molar-refractivity contribution in [3.05, 3.63) is 52.0 Å². The maximum atomic E-state index is 12.9. The largest absolute Gasteiger partial charge is 0.379 e. The van der Waals surface area contributed by atoms with E-state index in [1.54, 1.807) is 16.2 Å². The van der Waals surface area contributed by atoms with Crippen molar-refractivity contribution in [3.63, 3.8) is 0 Å². The van der Waals surface area contributed by atoms with E-state index < -0.39 is 5.60 Å². The molecule has 2 N–H and O–H groups in total. The van der Waals surface area contributed by atoms with Gasteiger partial charge < -0.3 is 15.3 Å². The highest BCUT2D eigenvalue weighted by Crippen LogP contribution is 2.24. The van der Waals surface area contributed by atoms with Crippen LogP contribution >= 0.6 is 11.3 Å². The molecule has 3 rings (SSSR count). The van der Waals surface area contributed by atoms with Crippen molar-refractivity contribution in [1.29, 1.82) is 0 Å². The van der Waals surface area contributed by atoms with Crippen molar-refractivity contribution in [2.75, 3.05) is 19.6 Å². The Balaban J connectivity index is 1.53. The fourth-order valence-corrected chi connectivity index (χ4v) is 4.07. The maximum Gasteiger partial charge on any atom is 0.256 e. The third-order valence-electron chi connectivity index (χ3n) is 5.18. The van der Waals surface area contributed by atoms with Crippen molar-refractivity contribution >= 4 is 17.2 Å². The number of nitrogens with zero attached hydrogens (tertiary/aromatic N) is 2. The van der Waals surface area contributed by atoms with Gasteiger partial charge in [-0.3, -0.25) is 4.79 Å². The van der Waals surface area contributed by atoms with Gasteiger partial charge >= 0.3 is 0 Å². The summed E-state index contributed by atoms with van der Waals surface area (Å²) < 4.78 is 0. The summed E-state index contributed by atoms with van der Waals surface area (Å²) in [5.41, 5.74) is 3.95. The van der Waals surface area contributed by atoms with Crippen molar-refractivity contribution < 1.29 is 9.90 Å². The highest BCUT2D eigenvalue weighted by atomic mass is 32.1. The van der Waals surface area contributed by atoms with Gasteiger partial charge in [-0.15, -0.1) is 11.3 Å². The van der Waals surface area contributed by atoms with Crippen LogP contribution in [0.3, 0.4) is 0 Å². The molecule has 0 saturated carbocycles. The number of amides is 1. The van der Waals surface area contributed by atoms with Crippen LogP contribution in [0.4, 0.5) is 0 Å². The van der Waals surface area contributed by atoms with Gasteiger partial charge in [0.1, 0.15) is 0 Å². The molecule has 1 aromatic heterocycles. The van der Waals surface area contributed by atoms with Gasteiger partial charge in [0.2, 0.25) is 0 Å². The van der Waals surface area contributed by atoms with Gasteiger partial charge in [-0.1, -0.05) is 38.1 Å². The Hall–Kier alpha value is -1.76. The number of piperidine rings is 1. The van der Waals surface area contributed by atoms with E-state index in [0.717, 1.165) is 24.1 Å². The smallest absolute Gasteiger partial charge is 0.256 e. The van der Waals surface area contributed by atoms with E-state index in [4.69, 9.17) is 0 Å². The van der Waals surface area contributed by atoms with Gasteiger partial charge in [0.05, 0.1) is 11.2 Å². The molecular weight excluding hydrogens is 358 g/mol. The number of benzene rings is 1. The number of hydrogen-bond acceptors (Lipinski definition) is 5. The second kappa shape index (κ2) is 8.95. The van der Waals surface area contributed by atoms with E-state index in [2.05, 4.69) is 48.4 Å². The normalized spacial score (nSPS) is 20.4. The quantitative estimate of drug-likeness (QED) is 0.684. The first-order valence-corrected chi connectivity index (χ1v) is 10.6. The van der Waals surface area contributed by atoms with Gasteiger partial charge in [0, 0.05) is 38.0 Å². The lowest BCUT2D eigenvalue weighted by atomic mass is 9.91. The number of aromatic nitrogens is 1. The summed E-state index contributed by atoms with van der Waals surface area (Å²) in [6.45, 7) is 6.59. The molecule has 1 aliphatic rings. The summed E-state index contributed by atoms with van der Waals surface area (Å²) in [5.74, 6) is 0.332. The molecule has 146 valence electrons. The topological polar surface area (TPSA) is 65.5 Å². The molecule has 1 aromatic carbocycles. The highest BCUT2D eigenvalue weighted by molar-refractivity contribution is 7.07. The molecule has 5 nitrogen and oxygen atoms in total. The SMILES string of the molecule is CC(C)c1ccc(CN2CCC[C@](O)(CNCCc3cscn3)C2=O)cc1. The Labute approximate surface area is 165 Å². The van der Waals surface area contributed by atoms with Crippen LogP contribution in [0, 0.1) is 0 Å². The fourth-order valence-electron chi connectivity index (χ4n) is 3.48. The van der Waals surface area contributed by atoms with E-state index >= 15 is 0 Å². The Kier molecular flexibility index (Phi) is 6.63. The molecule has 6 heteroatoms. The Morgan fingerprint density at radius 2 is 2.11 bits per heavy atom. The number of rotatable bonds is 8. The maximum absolute atomic E-state index is 12.9. The first kappa shape index (κ1) is 20.0. The zero-order valence-electron chi connectivity index (χ0n) is 16.1. The lowest BCUT2D eigenvalue weighted by molar-refractivity contribution is -0.157. The summed E-state index contributed by atoms with van der Waals surface area (Å²) >= 11 is 1.58. The van der Waals surface area contributed by atoms with E-state index in [1.807, 2.05) is 10.9 Å². The summed E-state index contributed by atoms with van der Waals surface area (Å²) in [7, 11) is 0. The number of carbonyl (C=O) groups is 1. The fraction of sp³-hybridized carbons (Fsp3) is 0.524. The molecule has 1 fully saturated rings. The van der Waals surface area contributed by atoms with Gasteiger partial charge in [-0.2, -0.15) is 0 Å². The molecule has 0 unspecified atom stereocenters. The molecule has 0 radical (unpaired) electrons. The van der Waals surface area contributed by atoms with Gasteiger partial charge in [-0.05, 0) is 29.9 Å². The average molecular weight is 388 g/mol. The van der Waals surface area contributed by atoms with Crippen LogP contribution < -0.4 is 5.32 Å². The summed E-state index contributed by atoms with van der Waals surface area (Å²) in [6.07, 6.45) is 2.14. The number of carbonyl (C=O) groups excluding carboxylic acids is 1. The zero-order valence-corrected chi connectivity index (χ0v) is 17.0. The molecule has 2 aromatic rings. The van der Waals surface area contributed by atoms with Crippen LogP contribution in [0.5, 0.6) is 0 Å². The van der Waals surface area contributed by atoms with Crippen molar-refractivity contribution in [2.24, 2.45) is 0 Å². The molecule has 1 atom stereocenters. The first-order valence-electron chi connectivity index (χ1n) is 9.66. The number of hydrogen-bond donors (Lipinski definition) is 2. The van der Waals surface area contributed by atoms with Crippen LogP contribution in [-0.2, 0) is 17.8 Å². The molecule has 1 saturated heterocycles. The molecule has 1 aliphatic heterocycles. The van der Waals surface area contributed by atoms with Crippen LogP contribution in [0.1, 0.15) is 49.4 Å². The zero-order chi connectivity index (χ0) is 19.3. The second-order valence-corrected chi connectivity index (χ2v) is 8.38. The predicted molar refractivity (Wildman–Crippen MR) is 109 cm³/mol. The lowest BCUT2D eigenvalue weighted by Gasteiger charge is -2.38. The number of aliphatic hydroxyl groups is 1. The molecule has 2 heterocycles. The third kappa shape index (κ3) is 5.15. The lowest BCUT2D eigenvalue weighted by Crippen LogP contribution is -2.57. The van der Waals surface area contributed by atoms with Crippen LogP contribution in [0.2, 0.25) is 0 Å². The van der Waals surface area contributed by atoms with E-state index in [9.17, 15) is 9.90 Å². The Morgan fingerprint density at radius 1 is 1.33 bits per heavy atom. The second-order valence-electron chi connectivity index (χ2n) is 7.66. The van der Waals surface area contributed by atoms with Gasteiger partial charge in [0.25, 0.3) is 5.91 Å². The molecule has 0 bridgehead atoms. The Bertz CT molecular complexity index is 730. The minimum absolute atomic E-state index is 0.164. The van der Waals surface area contributed by atoms with Crippen LogP contribution in [0.15, 0.2) is 35.2 Å². The summed E-state index contributed by atoms with van der Waals surface area (Å²) in [6, 6.07) is 8.42. The van der Waals surface area contributed by atoms with Crippen molar-refractivity contribution in [1.82, 2.24) is 15.2 Å². The molecule has 27 heavy (non-hydrogen) atoms. The van der Waals surface area contributed by atoms with Crippen LogP contribution in [0.25, 0.3) is 0 Å². The monoisotopic (exact) mass is 387 g/mol. The van der Waals surface area contributed by atoms with Gasteiger partial charge in [0.15, 0.2) is 5.60 Å². The molecular formula is C21H29N3O2S. The van der Waals surface area contributed by atoms with Crippen LogP contribution in [-0.4, -0.2) is 46.1 Å². The Morgan fingerprint density at radius 3 is 2.78 bits per heavy atom. The molecule has 0 aliphatic carbocycles. The van der Waals surface area contributed by atoms with E-state index in [-0.39, 0.29) is 5.91 Å². The number of likely N-dealkylation sites (tertiary alicyclic amines) is 1. The average Bonchev–Trinajstić information content (AvgIpc) is 3.17. The summed E-state index contributed by atoms with van der Waals surface area (Å²) in [4.78, 5) is 18.9. The molecule has 1 amide bonds. The molecule has 0 spiro atoms. The minimum Gasteiger partial charge on any atom is -0.379 e. The first-order chi connectivity index (χ1) is 13.0. The highest BCUT2D eigenvalue weighted by Gasteiger charge is 2.41. The predicted octanol–water partition coefficient (Wildman–Crippen LogP) is 2.95.